The summed E-state index contributed by atoms with van der Waals surface area (Å²) in [6.45, 7) is 0. The number of hydrogen-bond acceptors (Lipinski definition) is 2. The van der Waals surface area contributed by atoms with Gasteiger partial charge in [0.2, 0.25) is 0 Å². The number of para-hydroxylation sites is 2. The third-order valence-corrected chi connectivity index (χ3v) is 14.0. The monoisotopic (exact) mass is 766 g/mol. The Morgan fingerprint density at radius 3 is 1.75 bits per heavy atom. The van der Waals surface area contributed by atoms with Gasteiger partial charge in [0.05, 0.1) is 16.4 Å². The Kier molecular flexibility index (Phi) is 6.84. The van der Waals surface area contributed by atoms with E-state index < -0.39 is 5.41 Å². The second-order valence-electron chi connectivity index (χ2n) is 15.8. The number of thiophene rings is 1. The van der Waals surface area contributed by atoms with Gasteiger partial charge < -0.3 is 0 Å². The lowest BCUT2D eigenvalue weighted by Gasteiger charge is -2.35. The first-order valence-corrected chi connectivity index (χ1v) is 21.1. The largest absolute Gasteiger partial charge is 0.292 e. The van der Waals surface area contributed by atoms with Crippen molar-refractivity contribution in [1.82, 2.24) is 9.55 Å². The molecule has 0 N–H and O–H groups in total. The van der Waals surface area contributed by atoms with Crippen LogP contribution in [0.5, 0.6) is 0 Å². The maximum absolute atomic E-state index is 5.11. The highest BCUT2D eigenvalue weighted by molar-refractivity contribution is 7.25. The molecule has 2 heterocycles. The Hall–Kier alpha value is -7.33. The lowest BCUT2D eigenvalue weighted by atomic mass is 9.65. The predicted octanol–water partition coefficient (Wildman–Crippen LogP) is 14.7. The fourth-order valence-corrected chi connectivity index (χ4v) is 11.5. The molecule has 0 radical (unpaired) electrons. The molecule has 0 saturated heterocycles. The molecule has 2 nitrogen and oxygen atoms in total. The molecular weight excluding hydrogens is 733 g/mol. The molecule has 1 atom stereocenters. The summed E-state index contributed by atoms with van der Waals surface area (Å²) < 4.78 is 4.94. The highest BCUT2D eigenvalue weighted by Gasteiger charge is 2.50. The first-order valence-electron chi connectivity index (χ1n) is 20.3. The van der Waals surface area contributed by atoms with E-state index in [9.17, 15) is 0 Å². The van der Waals surface area contributed by atoms with Crippen LogP contribution in [0.2, 0.25) is 0 Å². The van der Waals surface area contributed by atoms with Gasteiger partial charge in [-0.25, -0.2) is 4.98 Å². The molecule has 2 aliphatic rings. The van der Waals surface area contributed by atoms with Crippen LogP contribution in [-0.4, -0.2) is 9.55 Å². The van der Waals surface area contributed by atoms with Crippen LogP contribution in [0, 0.1) is 0 Å². The molecule has 0 fully saturated rings. The molecule has 2 aromatic heterocycles. The smallest absolute Gasteiger partial charge is 0.145 e. The van der Waals surface area contributed by atoms with Gasteiger partial charge in [0.15, 0.2) is 0 Å². The topological polar surface area (TPSA) is 17.8 Å². The molecule has 9 aromatic carbocycles. The van der Waals surface area contributed by atoms with Crippen molar-refractivity contribution in [2.75, 3.05) is 0 Å². The summed E-state index contributed by atoms with van der Waals surface area (Å²) in [5.41, 5.74) is 19.1. The van der Waals surface area contributed by atoms with Crippen molar-refractivity contribution in [2.24, 2.45) is 0 Å². The molecule has 3 heteroatoms. The predicted molar refractivity (Wildman–Crippen MR) is 247 cm³/mol. The molecule has 0 bridgehead atoms. The van der Waals surface area contributed by atoms with Gasteiger partial charge in [0.25, 0.3) is 0 Å². The molecule has 1 spiro atoms. The Bertz CT molecular complexity index is 3500. The average molecular weight is 767 g/mol. The Morgan fingerprint density at radius 1 is 0.373 bits per heavy atom. The van der Waals surface area contributed by atoms with E-state index in [1.807, 2.05) is 11.3 Å². The summed E-state index contributed by atoms with van der Waals surface area (Å²) in [7, 11) is 0. The molecule has 13 rings (SSSR count). The van der Waals surface area contributed by atoms with Gasteiger partial charge >= 0.3 is 0 Å². The second kappa shape index (κ2) is 12.3. The van der Waals surface area contributed by atoms with E-state index in [4.69, 9.17) is 4.98 Å². The second-order valence-corrected chi connectivity index (χ2v) is 16.9. The normalized spacial score (nSPS) is 14.8. The first kappa shape index (κ1) is 32.7. The molecule has 274 valence electrons. The standard InChI is InChI=1S/C56H34N2S/c1-2-14-36(15-3-1)55-57-51-23-11-12-24-52(51)58(55)38-29-26-35(27-30-38)37-28-31-43-40-17-5-4-16-39(40)41-18-6-9-21-47(41)56(49(43)32-37)48-22-10-7-19-42(48)45-33-46-44-20-8-13-25-53(44)59-54(46)34-50(45)56/h1-34H. The zero-order valence-corrected chi connectivity index (χ0v) is 32.7. The number of rotatable bonds is 3. The third-order valence-electron chi connectivity index (χ3n) is 12.9. The quantitative estimate of drug-likeness (QED) is 0.175. The summed E-state index contributed by atoms with van der Waals surface area (Å²) >= 11 is 1.90. The lowest BCUT2D eigenvalue weighted by molar-refractivity contribution is 0.777. The van der Waals surface area contributed by atoms with Crippen molar-refractivity contribution in [2.45, 2.75) is 5.41 Å². The minimum Gasteiger partial charge on any atom is -0.292 e. The number of nitrogens with zero attached hydrogens (tertiary/aromatic N) is 2. The van der Waals surface area contributed by atoms with Crippen molar-refractivity contribution in [1.29, 1.82) is 0 Å². The van der Waals surface area contributed by atoms with Crippen LogP contribution in [0.15, 0.2) is 206 Å². The number of fused-ring (bicyclic) bond motifs is 16. The maximum Gasteiger partial charge on any atom is 0.145 e. The van der Waals surface area contributed by atoms with E-state index in [0.717, 1.165) is 28.1 Å². The van der Waals surface area contributed by atoms with E-state index in [-0.39, 0.29) is 0 Å². The minimum absolute atomic E-state index is 0.558. The Labute approximate surface area is 346 Å². The van der Waals surface area contributed by atoms with Crippen LogP contribution >= 0.6 is 11.3 Å². The van der Waals surface area contributed by atoms with Crippen LogP contribution in [0.25, 0.3) is 92.8 Å². The van der Waals surface area contributed by atoms with Crippen LogP contribution < -0.4 is 0 Å². The molecule has 11 aromatic rings. The van der Waals surface area contributed by atoms with Crippen molar-refractivity contribution in [3.05, 3.63) is 229 Å². The zero-order chi connectivity index (χ0) is 38.7. The number of hydrogen-bond donors (Lipinski definition) is 0. The third kappa shape index (κ3) is 4.54. The number of imidazole rings is 1. The van der Waals surface area contributed by atoms with Crippen molar-refractivity contribution >= 4 is 42.5 Å². The molecular formula is C56H34N2S. The summed E-state index contributed by atoms with van der Waals surface area (Å²) in [4.78, 5) is 5.11. The SMILES string of the molecule is c1ccc(-c2nc3ccccc3n2-c2ccc(-c3ccc4c(c3)C3(c5ccccc5-c5ccccc5-4)c4ccccc4-c4cc5c(cc43)sc3ccccc35)cc2)cc1. The van der Waals surface area contributed by atoms with E-state index in [2.05, 4.69) is 211 Å². The van der Waals surface area contributed by atoms with Crippen molar-refractivity contribution in [3.8, 4) is 61.6 Å². The maximum atomic E-state index is 5.11. The van der Waals surface area contributed by atoms with Gasteiger partial charge in [-0.15, -0.1) is 11.3 Å². The highest BCUT2D eigenvalue weighted by Crippen LogP contribution is 2.62. The van der Waals surface area contributed by atoms with Crippen LogP contribution in [0.4, 0.5) is 0 Å². The molecule has 0 aliphatic heterocycles. The highest BCUT2D eigenvalue weighted by atomic mass is 32.1. The molecule has 0 saturated carbocycles. The van der Waals surface area contributed by atoms with Crippen LogP contribution in [0.3, 0.4) is 0 Å². The van der Waals surface area contributed by atoms with E-state index in [1.54, 1.807) is 0 Å². The summed E-state index contributed by atoms with van der Waals surface area (Å²) in [6.07, 6.45) is 0. The Balaban J connectivity index is 1.07. The van der Waals surface area contributed by atoms with Gasteiger partial charge in [0, 0.05) is 31.4 Å². The van der Waals surface area contributed by atoms with E-state index in [0.29, 0.717) is 0 Å². The van der Waals surface area contributed by atoms with E-state index in [1.165, 1.54) is 86.9 Å². The van der Waals surface area contributed by atoms with Gasteiger partial charge in [-0.2, -0.15) is 0 Å². The Morgan fingerprint density at radius 2 is 0.966 bits per heavy atom. The molecule has 1 unspecified atom stereocenters. The lowest BCUT2D eigenvalue weighted by Crippen LogP contribution is -2.29. The fraction of sp³-hybridized carbons (Fsp3) is 0.0179. The summed E-state index contributed by atoms with van der Waals surface area (Å²) in [5, 5.41) is 2.66. The minimum atomic E-state index is -0.558. The van der Waals surface area contributed by atoms with Gasteiger partial charge in [-0.05, 0) is 115 Å². The van der Waals surface area contributed by atoms with E-state index >= 15 is 0 Å². The van der Waals surface area contributed by atoms with Crippen LogP contribution in [0.1, 0.15) is 22.3 Å². The molecule has 59 heavy (non-hydrogen) atoms. The van der Waals surface area contributed by atoms with Gasteiger partial charge in [0.1, 0.15) is 5.82 Å². The van der Waals surface area contributed by atoms with Gasteiger partial charge in [-0.1, -0.05) is 158 Å². The fourth-order valence-electron chi connectivity index (χ4n) is 10.4. The van der Waals surface area contributed by atoms with Gasteiger partial charge in [-0.3, -0.25) is 4.57 Å². The molecule has 2 aliphatic carbocycles. The van der Waals surface area contributed by atoms with Crippen LogP contribution in [-0.2, 0) is 5.41 Å². The van der Waals surface area contributed by atoms with Crippen molar-refractivity contribution in [3.63, 3.8) is 0 Å². The van der Waals surface area contributed by atoms with Crippen molar-refractivity contribution < 1.29 is 0 Å². The first-order chi connectivity index (χ1) is 29.3. The summed E-state index contributed by atoms with van der Waals surface area (Å²) in [5.74, 6) is 0.940. The molecule has 0 amide bonds. The average Bonchev–Trinajstić information content (AvgIpc) is 3.94. The zero-order valence-electron chi connectivity index (χ0n) is 31.9. The number of benzene rings is 9. The summed E-state index contributed by atoms with van der Waals surface area (Å²) in [6, 6.07) is 76.4. The number of aromatic nitrogens is 2.